The highest BCUT2D eigenvalue weighted by Crippen LogP contribution is 2.17. The zero-order valence-corrected chi connectivity index (χ0v) is 12.7. The highest BCUT2D eigenvalue weighted by Gasteiger charge is 2.17. The van der Waals surface area contributed by atoms with Crippen molar-refractivity contribution < 1.29 is 27.5 Å². The van der Waals surface area contributed by atoms with Crippen LogP contribution in [0.2, 0.25) is 0 Å². The molecule has 0 saturated heterocycles. The van der Waals surface area contributed by atoms with Gasteiger partial charge < -0.3 is 10.1 Å². The van der Waals surface area contributed by atoms with Crippen LogP contribution in [0.4, 0.5) is 13.2 Å². The highest BCUT2D eigenvalue weighted by molar-refractivity contribution is 5.91. The van der Waals surface area contributed by atoms with Gasteiger partial charge in [0.15, 0.2) is 6.61 Å². The molecule has 1 atom stereocenters. The molecule has 24 heavy (non-hydrogen) atoms. The maximum atomic E-state index is 13.6. The van der Waals surface area contributed by atoms with Crippen LogP contribution in [0.1, 0.15) is 28.9 Å². The molecule has 0 spiro atoms. The molecule has 0 bridgehead atoms. The second kappa shape index (κ2) is 7.63. The summed E-state index contributed by atoms with van der Waals surface area (Å²) in [6.45, 7) is 0.841. The molecule has 4 nitrogen and oxygen atoms in total. The van der Waals surface area contributed by atoms with E-state index in [0.29, 0.717) is 6.07 Å². The van der Waals surface area contributed by atoms with E-state index in [2.05, 4.69) is 5.32 Å². The maximum absolute atomic E-state index is 13.6. The fraction of sp³-hybridized carbons (Fsp3) is 0.176. The Kier molecular flexibility index (Phi) is 5.57. The summed E-state index contributed by atoms with van der Waals surface area (Å²) in [7, 11) is 0. The molecule has 2 aromatic carbocycles. The van der Waals surface area contributed by atoms with Gasteiger partial charge in [0.2, 0.25) is 0 Å². The molecule has 0 heterocycles. The van der Waals surface area contributed by atoms with Crippen molar-refractivity contribution in [2.45, 2.75) is 13.0 Å². The van der Waals surface area contributed by atoms with Gasteiger partial charge in [-0.1, -0.05) is 18.2 Å². The lowest BCUT2D eigenvalue weighted by Crippen LogP contribution is -2.31. The number of carbonyl (C=O) groups is 2. The molecule has 0 unspecified atom stereocenters. The van der Waals surface area contributed by atoms with Crippen LogP contribution in [0.3, 0.4) is 0 Å². The van der Waals surface area contributed by atoms with E-state index in [-0.39, 0.29) is 11.1 Å². The van der Waals surface area contributed by atoms with Gasteiger partial charge in [0.1, 0.15) is 17.5 Å². The molecule has 0 saturated carbocycles. The Balaban J connectivity index is 1.91. The van der Waals surface area contributed by atoms with Crippen molar-refractivity contribution in [2.24, 2.45) is 0 Å². The number of nitrogens with one attached hydrogen (secondary N) is 1. The van der Waals surface area contributed by atoms with E-state index in [1.165, 1.54) is 31.2 Å². The predicted octanol–water partition coefficient (Wildman–Crippen LogP) is 3.14. The minimum Gasteiger partial charge on any atom is -0.452 e. The van der Waals surface area contributed by atoms with Gasteiger partial charge in [-0.15, -0.1) is 0 Å². The van der Waals surface area contributed by atoms with Gasteiger partial charge in [-0.25, -0.2) is 18.0 Å². The summed E-state index contributed by atoms with van der Waals surface area (Å²) in [4.78, 5) is 23.4. The maximum Gasteiger partial charge on any atom is 0.341 e. The van der Waals surface area contributed by atoms with Crippen LogP contribution in [-0.2, 0) is 9.53 Å². The summed E-state index contributed by atoms with van der Waals surface area (Å²) in [5, 5.41) is 2.41. The number of ether oxygens (including phenoxy) is 1. The molecule has 2 aromatic rings. The normalized spacial score (nSPS) is 11.7. The third kappa shape index (κ3) is 4.34. The second-order valence-corrected chi connectivity index (χ2v) is 5.01. The molecule has 0 aliphatic rings. The predicted molar refractivity (Wildman–Crippen MR) is 79.6 cm³/mol. The Hall–Kier alpha value is -2.83. The molecule has 0 fully saturated rings. The summed E-state index contributed by atoms with van der Waals surface area (Å²) in [6, 6.07) is 7.42. The zero-order valence-electron chi connectivity index (χ0n) is 12.7. The lowest BCUT2D eigenvalue weighted by Gasteiger charge is -2.15. The van der Waals surface area contributed by atoms with Gasteiger partial charge >= 0.3 is 5.97 Å². The Morgan fingerprint density at radius 3 is 2.46 bits per heavy atom. The van der Waals surface area contributed by atoms with Crippen molar-refractivity contribution in [1.29, 1.82) is 0 Å². The van der Waals surface area contributed by atoms with Crippen LogP contribution in [0.15, 0.2) is 42.5 Å². The largest absolute Gasteiger partial charge is 0.452 e. The Morgan fingerprint density at radius 2 is 1.79 bits per heavy atom. The quantitative estimate of drug-likeness (QED) is 0.853. The molecule has 0 radical (unpaired) electrons. The third-order valence-electron chi connectivity index (χ3n) is 3.23. The van der Waals surface area contributed by atoms with E-state index in [0.717, 1.165) is 12.1 Å². The number of amides is 1. The highest BCUT2D eigenvalue weighted by atomic mass is 19.1. The van der Waals surface area contributed by atoms with Crippen LogP contribution < -0.4 is 5.32 Å². The molecule has 126 valence electrons. The molecular formula is C17H14F3NO3. The van der Waals surface area contributed by atoms with Gasteiger partial charge in [0.05, 0.1) is 11.6 Å². The number of carbonyl (C=O) groups excluding carboxylic acids is 2. The van der Waals surface area contributed by atoms with Gasteiger partial charge in [0.25, 0.3) is 5.91 Å². The summed E-state index contributed by atoms with van der Waals surface area (Å²) in [5.74, 6) is -3.97. The molecule has 1 amide bonds. The number of hydrogen-bond acceptors (Lipinski definition) is 3. The smallest absolute Gasteiger partial charge is 0.341 e. The van der Waals surface area contributed by atoms with Gasteiger partial charge in [0, 0.05) is 11.6 Å². The van der Waals surface area contributed by atoms with Crippen LogP contribution in [0.25, 0.3) is 0 Å². The first-order chi connectivity index (χ1) is 11.4. The van der Waals surface area contributed by atoms with Crippen molar-refractivity contribution in [3.05, 3.63) is 71.0 Å². The Morgan fingerprint density at radius 1 is 1.08 bits per heavy atom. The average molecular weight is 337 g/mol. The van der Waals surface area contributed by atoms with Gasteiger partial charge in [-0.2, -0.15) is 0 Å². The SMILES string of the molecule is C[C@@H](NC(=O)COC(=O)c1ccccc1F)c1ccc(F)cc1F. The van der Waals surface area contributed by atoms with Crippen LogP contribution in [-0.4, -0.2) is 18.5 Å². The van der Waals surface area contributed by atoms with E-state index in [1.54, 1.807) is 0 Å². The number of benzene rings is 2. The lowest BCUT2D eigenvalue weighted by atomic mass is 10.1. The monoisotopic (exact) mass is 337 g/mol. The van der Waals surface area contributed by atoms with Crippen molar-refractivity contribution >= 4 is 11.9 Å². The van der Waals surface area contributed by atoms with Crippen molar-refractivity contribution in [3.8, 4) is 0 Å². The van der Waals surface area contributed by atoms with E-state index >= 15 is 0 Å². The van der Waals surface area contributed by atoms with Gasteiger partial charge in [-0.3, -0.25) is 4.79 Å². The standard InChI is InChI=1S/C17H14F3NO3/c1-10(12-7-6-11(18)8-15(12)20)21-16(22)9-24-17(23)13-4-2-3-5-14(13)19/h2-8,10H,9H2,1H3,(H,21,22)/t10-/m1/s1. The fourth-order valence-electron chi connectivity index (χ4n) is 2.05. The first-order valence-corrected chi connectivity index (χ1v) is 7.04. The lowest BCUT2D eigenvalue weighted by molar-refractivity contribution is -0.124. The van der Waals surface area contributed by atoms with Crippen molar-refractivity contribution in [2.75, 3.05) is 6.61 Å². The molecule has 0 aromatic heterocycles. The minimum absolute atomic E-state index is 0.0881. The fourth-order valence-corrected chi connectivity index (χ4v) is 2.05. The summed E-state index contributed by atoms with van der Waals surface area (Å²) in [6.07, 6.45) is 0. The number of esters is 1. The number of halogens is 3. The molecule has 7 heteroatoms. The van der Waals surface area contributed by atoms with Crippen LogP contribution in [0, 0.1) is 17.5 Å². The number of rotatable bonds is 5. The molecule has 0 aliphatic heterocycles. The summed E-state index contributed by atoms with van der Waals surface area (Å²) < 4.78 is 44.6. The molecule has 1 N–H and O–H groups in total. The first kappa shape index (κ1) is 17.5. The van der Waals surface area contributed by atoms with Crippen LogP contribution in [0.5, 0.6) is 0 Å². The van der Waals surface area contributed by atoms with Crippen molar-refractivity contribution in [1.82, 2.24) is 5.32 Å². The van der Waals surface area contributed by atoms with E-state index in [1.807, 2.05) is 0 Å². The van der Waals surface area contributed by atoms with E-state index in [4.69, 9.17) is 4.74 Å². The van der Waals surface area contributed by atoms with Crippen LogP contribution >= 0.6 is 0 Å². The third-order valence-corrected chi connectivity index (χ3v) is 3.23. The second-order valence-electron chi connectivity index (χ2n) is 5.01. The topological polar surface area (TPSA) is 55.4 Å². The summed E-state index contributed by atoms with van der Waals surface area (Å²) >= 11 is 0. The first-order valence-electron chi connectivity index (χ1n) is 7.04. The molecule has 0 aliphatic carbocycles. The molecular weight excluding hydrogens is 323 g/mol. The Labute approximate surface area is 136 Å². The summed E-state index contributed by atoms with van der Waals surface area (Å²) in [5.41, 5.74) is -0.201. The molecule has 2 rings (SSSR count). The zero-order chi connectivity index (χ0) is 17.7. The van der Waals surface area contributed by atoms with E-state index in [9.17, 15) is 22.8 Å². The average Bonchev–Trinajstić information content (AvgIpc) is 2.52. The minimum atomic E-state index is -0.983. The van der Waals surface area contributed by atoms with E-state index < -0.39 is 42.0 Å². The van der Waals surface area contributed by atoms with Crippen molar-refractivity contribution in [3.63, 3.8) is 0 Å². The Bertz CT molecular complexity index is 764. The number of hydrogen-bond donors (Lipinski definition) is 1. The van der Waals surface area contributed by atoms with Gasteiger partial charge in [-0.05, 0) is 25.1 Å².